The van der Waals surface area contributed by atoms with Gasteiger partial charge in [0.2, 0.25) is 5.91 Å². The number of amides is 1. The van der Waals surface area contributed by atoms with Gasteiger partial charge in [0.05, 0.1) is 12.3 Å². The van der Waals surface area contributed by atoms with Crippen LogP contribution in [0.2, 0.25) is 0 Å². The zero-order valence-electron chi connectivity index (χ0n) is 13.2. The topological polar surface area (TPSA) is 45.5 Å². The van der Waals surface area contributed by atoms with E-state index in [1.807, 2.05) is 25.1 Å². The van der Waals surface area contributed by atoms with E-state index >= 15 is 0 Å². The zero-order valence-corrected chi connectivity index (χ0v) is 13.2. The Morgan fingerprint density at radius 3 is 2.65 bits per heavy atom. The van der Waals surface area contributed by atoms with E-state index in [4.69, 9.17) is 4.42 Å². The van der Waals surface area contributed by atoms with Crippen LogP contribution in [0.15, 0.2) is 41.0 Å². The summed E-state index contributed by atoms with van der Waals surface area (Å²) in [5.74, 6) is -1.15. The first kappa shape index (κ1) is 17.1. The summed E-state index contributed by atoms with van der Waals surface area (Å²) >= 11 is 0. The summed E-state index contributed by atoms with van der Waals surface area (Å²) in [6.07, 6.45) is 2.16. The SMILES string of the molecule is CN(C)C(CNC(=O)CCc1ccc(F)c(F)c1)c1ccco1. The van der Waals surface area contributed by atoms with Crippen molar-refractivity contribution in [3.05, 3.63) is 59.6 Å². The Labute approximate surface area is 134 Å². The van der Waals surface area contributed by atoms with Gasteiger partial charge >= 0.3 is 0 Å². The fourth-order valence-electron chi connectivity index (χ4n) is 2.27. The summed E-state index contributed by atoms with van der Waals surface area (Å²) in [4.78, 5) is 13.9. The largest absolute Gasteiger partial charge is 0.468 e. The molecule has 0 aliphatic carbocycles. The second-order valence-corrected chi connectivity index (χ2v) is 5.55. The van der Waals surface area contributed by atoms with Crippen LogP contribution in [0.1, 0.15) is 23.8 Å². The Kier molecular flexibility index (Phi) is 5.87. The first-order valence-corrected chi connectivity index (χ1v) is 7.38. The smallest absolute Gasteiger partial charge is 0.220 e. The van der Waals surface area contributed by atoms with Crippen molar-refractivity contribution >= 4 is 5.91 Å². The number of halogens is 2. The second-order valence-electron chi connectivity index (χ2n) is 5.55. The Morgan fingerprint density at radius 2 is 2.04 bits per heavy atom. The highest BCUT2D eigenvalue weighted by molar-refractivity contribution is 5.76. The van der Waals surface area contributed by atoms with Crippen LogP contribution in [0.3, 0.4) is 0 Å². The molecule has 1 amide bonds. The van der Waals surface area contributed by atoms with Gasteiger partial charge in [-0.3, -0.25) is 9.69 Å². The lowest BCUT2D eigenvalue weighted by molar-refractivity contribution is -0.121. The molecule has 124 valence electrons. The maximum Gasteiger partial charge on any atom is 0.220 e. The van der Waals surface area contributed by atoms with Crippen LogP contribution in [-0.4, -0.2) is 31.4 Å². The fourth-order valence-corrected chi connectivity index (χ4v) is 2.27. The van der Waals surface area contributed by atoms with E-state index in [0.29, 0.717) is 18.5 Å². The molecule has 1 aromatic carbocycles. The van der Waals surface area contributed by atoms with Crippen molar-refractivity contribution < 1.29 is 18.0 Å². The van der Waals surface area contributed by atoms with Crippen molar-refractivity contribution in [2.75, 3.05) is 20.6 Å². The fraction of sp³-hybridized carbons (Fsp3) is 0.353. The molecule has 0 aliphatic heterocycles. The highest BCUT2D eigenvalue weighted by Crippen LogP contribution is 2.17. The van der Waals surface area contributed by atoms with Crippen molar-refractivity contribution in [3.8, 4) is 0 Å². The van der Waals surface area contributed by atoms with E-state index in [0.717, 1.165) is 17.9 Å². The van der Waals surface area contributed by atoms with Crippen molar-refractivity contribution in [2.24, 2.45) is 0 Å². The van der Waals surface area contributed by atoms with Gasteiger partial charge in [-0.15, -0.1) is 0 Å². The minimum atomic E-state index is -0.895. The number of furan rings is 1. The van der Waals surface area contributed by atoms with E-state index in [1.54, 1.807) is 12.3 Å². The van der Waals surface area contributed by atoms with Crippen LogP contribution in [0, 0.1) is 11.6 Å². The molecule has 2 rings (SSSR count). The molecular weight excluding hydrogens is 302 g/mol. The molecule has 0 spiro atoms. The van der Waals surface area contributed by atoms with E-state index in [-0.39, 0.29) is 18.4 Å². The monoisotopic (exact) mass is 322 g/mol. The van der Waals surface area contributed by atoms with Gasteiger partial charge < -0.3 is 9.73 Å². The summed E-state index contributed by atoms with van der Waals surface area (Å²) < 4.78 is 31.3. The number of likely N-dealkylation sites (N-methyl/N-ethyl adjacent to an activating group) is 1. The van der Waals surface area contributed by atoms with Crippen LogP contribution >= 0.6 is 0 Å². The number of hydrogen-bond acceptors (Lipinski definition) is 3. The molecule has 0 fully saturated rings. The van der Waals surface area contributed by atoms with E-state index in [2.05, 4.69) is 5.32 Å². The summed E-state index contributed by atoms with van der Waals surface area (Å²) in [7, 11) is 3.81. The number of carbonyl (C=O) groups is 1. The molecule has 0 bridgehead atoms. The number of hydrogen-bond donors (Lipinski definition) is 1. The predicted octanol–water partition coefficient (Wildman–Crippen LogP) is 2.91. The summed E-state index contributed by atoms with van der Waals surface area (Å²) in [6, 6.07) is 7.28. The van der Waals surface area contributed by atoms with E-state index in [1.165, 1.54) is 6.07 Å². The first-order valence-electron chi connectivity index (χ1n) is 7.38. The Morgan fingerprint density at radius 1 is 1.26 bits per heavy atom. The molecule has 0 aliphatic rings. The maximum absolute atomic E-state index is 13.1. The minimum Gasteiger partial charge on any atom is -0.468 e. The average molecular weight is 322 g/mol. The molecule has 4 nitrogen and oxygen atoms in total. The van der Waals surface area contributed by atoms with Gasteiger partial charge in [0.1, 0.15) is 5.76 Å². The number of nitrogens with zero attached hydrogens (tertiary/aromatic N) is 1. The molecule has 0 saturated carbocycles. The van der Waals surface area contributed by atoms with Gasteiger partial charge in [-0.2, -0.15) is 0 Å². The maximum atomic E-state index is 13.1. The predicted molar refractivity (Wildman–Crippen MR) is 82.8 cm³/mol. The highest BCUT2D eigenvalue weighted by atomic mass is 19.2. The van der Waals surface area contributed by atoms with Crippen molar-refractivity contribution in [1.29, 1.82) is 0 Å². The molecule has 6 heteroatoms. The van der Waals surface area contributed by atoms with Crippen LogP contribution in [0.5, 0.6) is 0 Å². The summed E-state index contributed by atoms with van der Waals surface area (Å²) in [6.45, 7) is 0.414. The molecule has 1 N–H and O–H groups in total. The summed E-state index contributed by atoms with van der Waals surface area (Å²) in [5, 5.41) is 2.84. The molecule has 1 unspecified atom stereocenters. The van der Waals surface area contributed by atoms with Crippen molar-refractivity contribution in [2.45, 2.75) is 18.9 Å². The van der Waals surface area contributed by atoms with Gasteiger partial charge in [-0.05, 0) is 50.3 Å². The molecule has 1 atom stereocenters. The minimum absolute atomic E-state index is 0.0581. The lowest BCUT2D eigenvalue weighted by Crippen LogP contribution is -2.34. The lowest BCUT2D eigenvalue weighted by atomic mass is 10.1. The average Bonchev–Trinajstić information content (AvgIpc) is 3.02. The van der Waals surface area contributed by atoms with E-state index < -0.39 is 11.6 Å². The van der Waals surface area contributed by atoms with Gasteiger partial charge in [0.25, 0.3) is 0 Å². The van der Waals surface area contributed by atoms with Crippen LogP contribution in [-0.2, 0) is 11.2 Å². The molecule has 1 heterocycles. The third-order valence-electron chi connectivity index (χ3n) is 3.61. The molecule has 0 saturated heterocycles. The first-order chi connectivity index (χ1) is 11.0. The molecule has 0 radical (unpaired) electrons. The van der Waals surface area contributed by atoms with E-state index in [9.17, 15) is 13.6 Å². The molecular formula is C17H20F2N2O2. The summed E-state index contributed by atoms with van der Waals surface area (Å²) in [5.41, 5.74) is 0.592. The number of benzene rings is 1. The number of nitrogens with one attached hydrogen (secondary N) is 1. The number of aryl methyl sites for hydroxylation is 1. The van der Waals surface area contributed by atoms with Crippen LogP contribution < -0.4 is 5.32 Å². The molecule has 23 heavy (non-hydrogen) atoms. The number of rotatable bonds is 7. The highest BCUT2D eigenvalue weighted by Gasteiger charge is 2.17. The second kappa shape index (κ2) is 7.87. The van der Waals surface area contributed by atoms with Gasteiger partial charge in [-0.25, -0.2) is 8.78 Å². The van der Waals surface area contributed by atoms with Gasteiger partial charge in [0, 0.05) is 13.0 Å². The van der Waals surface area contributed by atoms with Gasteiger partial charge in [0.15, 0.2) is 11.6 Å². The van der Waals surface area contributed by atoms with Crippen molar-refractivity contribution in [3.63, 3.8) is 0 Å². The zero-order chi connectivity index (χ0) is 16.8. The third kappa shape index (κ3) is 4.89. The van der Waals surface area contributed by atoms with Crippen LogP contribution in [0.4, 0.5) is 8.78 Å². The Bertz CT molecular complexity index is 642. The lowest BCUT2D eigenvalue weighted by Gasteiger charge is -2.22. The van der Waals surface area contributed by atoms with Crippen molar-refractivity contribution in [1.82, 2.24) is 10.2 Å². The molecule has 2 aromatic rings. The standard InChI is InChI=1S/C17H20F2N2O2/c1-21(2)15(16-4-3-9-23-16)11-20-17(22)8-6-12-5-7-13(18)14(19)10-12/h3-5,7,9-10,15H,6,8,11H2,1-2H3,(H,20,22). The third-order valence-corrected chi connectivity index (χ3v) is 3.61. The Balaban J connectivity index is 1.83. The van der Waals surface area contributed by atoms with Gasteiger partial charge in [-0.1, -0.05) is 6.07 Å². The normalized spacial score (nSPS) is 12.4. The number of carbonyl (C=O) groups excluding carboxylic acids is 1. The van der Waals surface area contributed by atoms with Crippen LogP contribution in [0.25, 0.3) is 0 Å². The quantitative estimate of drug-likeness (QED) is 0.852. The Hall–Kier alpha value is -2.21. The molecule has 1 aromatic heterocycles.